The molecule has 0 spiro atoms. The van der Waals surface area contributed by atoms with Crippen molar-refractivity contribution in [1.82, 2.24) is 0 Å². The van der Waals surface area contributed by atoms with E-state index >= 15 is 0 Å². The lowest BCUT2D eigenvalue weighted by Gasteiger charge is -2.11. The molecule has 19 heteroatoms. The van der Waals surface area contributed by atoms with Crippen LogP contribution < -0.4 is 21.7 Å². The molecule has 9 nitrogen and oxygen atoms in total. The number of hydrogen-bond donors (Lipinski definition) is 5. The summed E-state index contributed by atoms with van der Waals surface area (Å²) in [5.74, 6) is -6.09. The van der Waals surface area contributed by atoms with Crippen molar-refractivity contribution >= 4 is 90.9 Å². The van der Waals surface area contributed by atoms with Crippen LogP contribution in [0.2, 0.25) is 10.0 Å². The molecule has 4 aromatic rings. The van der Waals surface area contributed by atoms with Crippen molar-refractivity contribution in [2.24, 2.45) is 0 Å². The molecule has 2 aliphatic carbocycles. The van der Waals surface area contributed by atoms with Crippen molar-refractivity contribution in [3.63, 3.8) is 0 Å². The van der Waals surface area contributed by atoms with E-state index in [2.05, 4.69) is 5.32 Å². The van der Waals surface area contributed by atoms with Crippen molar-refractivity contribution in [1.29, 1.82) is 0 Å². The number of anilines is 4. The molecule has 6 N–H and O–H groups in total. The normalized spacial score (nSPS) is 13.9. The Morgan fingerprint density at radius 2 is 1.09 bits per heavy atom. The van der Waals surface area contributed by atoms with Gasteiger partial charge in [-0.1, -0.05) is 48.2 Å². The van der Waals surface area contributed by atoms with Crippen LogP contribution in [0.25, 0.3) is 0 Å². The number of nitrogens with two attached hydrogens (primary N) is 1. The Bertz CT molecular complexity index is 2020. The number of thiophene rings is 2. The fourth-order valence-electron chi connectivity index (χ4n) is 5.74. The van der Waals surface area contributed by atoms with Crippen molar-refractivity contribution in [3.05, 3.63) is 90.6 Å². The maximum atomic E-state index is 12.8. The first-order valence-corrected chi connectivity index (χ1v) is 19.1. The first-order valence-electron chi connectivity index (χ1n) is 16.7. The summed E-state index contributed by atoms with van der Waals surface area (Å²) in [6.45, 7) is 0. The van der Waals surface area contributed by atoms with Crippen LogP contribution in [0.5, 0.6) is 0 Å². The molecular formula is C36H34Cl2F6N4O5S2. The summed E-state index contributed by atoms with van der Waals surface area (Å²) >= 11 is 13.5. The number of amides is 3. The number of nitrogens with one attached hydrogen (secondary N) is 3. The van der Waals surface area contributed by atoms with Crippen molar-refractivity contribution in [3.8, 4) is 0 Å². The number of fused-ring (bicyclic) bond motifs is 2. The average molecular weight is 852 g/mol. The van der Waals surface area contributed by atoms with Crippen LogP contribution in [0.3, 0.4) is 0 Å². The zero-order valence-corrected chi connectivity index (χ0v) is 31.8. The zero-order valence-electron chi connectivity index (χ0n) is 28.7. The van der Waals surface area contributed by atoms with Crippen LogP contribution in [0, 0.1) is 0 Å². The second-order valence-corrected chi connectivity index (χ2v) is 15.3. The monoisotopic (exact) mass is 850 g/mol. The van der Waals surface area contributed by atoms with E-state index in [0.717, 1.165) is 76.5 Å². The molecular weight excluding hydrogens is 817 g/mol. The van der Waals surface area contributed by atoms with Gasteiger partial charge in [-0.25, -0.2) is 4.79 Å². The maximum absolute atomic E-state index is 12.8. The van der Waals surface area contributed by atoms with E-state index in [1.807, 2.05) is 11.4 Å². The molecule has 2 heterocycles. The second-order valence-electron chi connectivity index (χ2n) is 12.3. The smallest absolute Gasteiger partial charge is 0.471 e. The highest BCUT2D eigenvalue weighted by molar-refractivity contribution is 7.17. The lowest BCUT2D eigenvalue weighted by atomic mass is 10.0. The Morgan fingerprint density at radius 3 is 1.53 bits per heavy atom. The quantitative estimate of drug-likeness (QED) is 0.0766. The van der Waals surface area contributed by atoms with Crippen LogP contribution in [0.1, 0.15) is 80.1 Å². The molecule has 2 aromatic heterocycles. The number of halogens is 8. The van der Waals surface area contributed by atoms with Crippen molar-refractivity contribution in [2.75, 3.05) is 21.7 Å². The second kappa shape index (κ2) is 19.0. The average Bonchev–Trinajstić information content (AvgIpc) is 3.38. The van der Waals surface area contributed by atoms with E-state index in [1.165, 1.54) is 0 Å². The Kier molecular flexibility index (Phi) is 15.0. The molecule has 0 aliphatic heterocycles. The van der Waals surface area contributed by atoms with Crippen LogP contribution >= 0.6 is 45.9 Å². The largest absolute Gasteiger partial charge is 0.478 e. The summed E-state index contributed by atoms with van der Waals surface area (Å²) in [6, 6.07) is 13.6. The minimum absolute atomic E-state index is 0.0660. The van der Waals surface area contributed by atoms with Gasteiger partial charge >= 0.3 is 30.1 Å². The minimum Gasteiger partial charge on any atom is -0.478 e. The standard InChI is InChI=1S/C18H16ClF3N2O2S.C12H12F3NO3S.C6H6ClN/c19-10-5-4-6-11(9-10)23-15(25)14-12-7-2-1-3-8-13(12)27-16(14)24-17(26)18(20,21)22;13-12(14,15)11(19)16-9-8(10(17)18)6-4-2-1-3-5-7(6)20-9;7-5-2-1-3-6(8)4-5/h4-6,9H,1-3,7-8H2,(H,23,25)(H,24,26);1-5H2,(H,16,19)(H,17,18);1-4H,8H2. The van der Waals surface area contributed by atoms with Gasteiger partial charge in [0.1, 0.15) is 10.0 Å². The van der Waals surface area contributed by atoms with Crippen LogP contribution in [-0.4, -0.2) is 41.1 Å². The summed E-state index contributed by atoms with van der Waals surface area (Å²) in [4.78, 5) is 48.1. The number of aryl methyl sites for hydroxylation is 2. The molecule has 296 valence electrons. The fourth-order valence-corrected chi connectivity index (χ4v) is 8.69. The van der Waals surface area contributed by atoms with Crippen LogP contribution in [0.4, 0.5) is 47.7 Å². The predicted octanol–water partition coefficient (Wildman–Crippen LogP) is 10.6. The van der Waals surface area contributed by atoms with Gasteiger partial charge < -0.3 is 26.8 Å². The van der Waals surface area contributed by atoms with E-state index in [-0.39, 0.29) is 21.1 Å². The first kappa shape index (κ1) is 43.4. The highest BCUT2D eigenvalue weighted by atomic mass is 35.5. The van der Waals surface area contributed by atoms with Gasteiger partial charge in [0, 0.05) is 31.2 Å². The number of carbonyl (C=O) groups excluding carboxylic acids is 3. The Balaban J connectivity index is 0.000000209. The van der Waals surface area contributed by atoms with Gasteiger partial charge in [0.2, 0.25) is 0 Å². The third-order valence-electron chi connectivity index (χ3n) is 8.18. The molecule has 2 aliphatic rings. The molecule has 0 saturated carbocycles. The predicted molar refractivity (Wildman–Crippen MR) is 203 cm³/mol. The van der Waals surface area contributed by atoms with Gasteiger partial charge in [0.25, 0.3) is 5.91 Å². The highest BCUT2D eigenvalue weighted by Gasteiger charge is 2.41. The Labute approximate surface area is 329 Å². The number of carboxylic acids is 1. The molecule has 0 unspecified atom stereocenters. The van der Waals surface area contributed by atoms with E-state index in [4.69, 9.17) is 28.9 Å². The molecule has 2 aromatic carbocycles. The number of nitrogen functional groups attached to an aromatic ring is 1. The van der Waals surface area contributed by atoms with Gasteiger partial charge in [-0.2, -0.15) is 26.3 Å². The number of rotatable bonds is 5. The van der Waals surface area contributed by atoms with Gasteiger partial charge in [-0.05, 0) is 98.9 Å². The summed E-state index contributed by atoms with van der Waals surface area (Å²) in [5.41, 5.74) is 7.71. The molecule has 0 saturated heterocycles. The number of hydrogen-bond acceptors (Lipinski definition) is 7. The Morgan fingerprint density at radius 1 is 0.636 bits per heavy atom. The molecule has 0 radical (unpaired) electrons. The number of aromatic carboxylic acids is 1. The van der Waals surface area contributed by atoms with Crippen LogP contribution in [0.15, 0.2) is 48.5 Å². The van der Waals surface area contributed by atoms with E-state index in [9.17, 15) is 50.6 Å². The SMILES string of the molecule is Nc1cccc(Cl)c1.O=C(Nc1cccc(Cl)c1)c1c(NC(=O)C(F)(F)F)sc2c1CCCCC2.O=C(O)c1c(NC(=O)C(F)(F)F)sc2c1CCCCC2. The van der Waals surface area contributed by atoms with Crippen molar-refractivity contribution in [2.45, 2.75) is 76.6 Å². The van der Waals surface area contributed by atoms with Crippen LogP contribution in [-0.2, 0) is 35.3 Å². The molecule has 0 atom stereocenters. The molecule has 0 bridgehead atoms. The van der Waals surface area contributed by atoms with Crippen molar-refractivity contribution < 1.29 is 50.6 Å². The fraction of sp³-hybridized carbons (Fsp3) is 0.333. The number of alkyl halides is 6. The van der Waals surface area contributed by atoms with Gasteiger partial charge in [-0.3, -0.25) is 14.4 Å². The minimum atomic E-state index is -5.03. The Hall–Kier alpha value is -4.32. The molecule has 3 amide bonds. The maximum Gasteiger partial charge on any atom is 0.471 e. The summed E-state index contributed by atoms with van der Waals surface area (Å²) < 4.78 is 74.8. The van der Waals surface area contributed by atoms with Gasteiger partial charge in [0.05, 0.1) is 11.1 Å². The first-order chi connectivity index (χ1) is 25.8. The summed E-state index contributed by atoms with van der Waals surface area (Å²) in [6.07, 6.45) is -2.26. The number of benzene rings is 2. The van der Waals surface area contributed by atoms with E-state index < -0.39 is 36.0 Å². The lowest BCUT2D eigenvalue weighted by Crippen LogP contribution is -2.30. The summed E-state index contributed by atoms with van der Waals surface area (Å²) in [7, 11) is 0. The van der Waals surface area contributed by atoms with Gasteiger partial charge in [-0.15, -0.1) is 22.7 Å². The zero-order chi connectivity index (χ0) is 40.5. The summed E-state index contributed by atoms with van der Waals surface area (Å²) in [5, 5.41) is 16.2. The van der Waals surface area contributed by atoms with E-state index in [1.54, 1.807) is 47.8 Å². The highest BCUT2D eigenvalue weighted by Crippen LogP contribution is 2.40. The van der Waals surface area contributed by atoms with E-state index in [0.29, 0.717) is 52.7 Å². The topological polar surface area (TPSA) is 151 Å². The molecule has 0 fully saturated rings. The lowest BCUT2D eigenvalue weighted by molar-refractivity contribution is -0.167. The van der Waals surface area contributed by atoms with Gasteiger partial charge in [0.15, 0.2) is 0 Å². The third-order valence-corrected chi connectivity index (χ3v) is 11.1. The number of carboxylic acid groups (broad SMARTS) is 1. The number of carbonyl (C=O) groups is 4. The molecule has 55 heavy (non-hydrogen) atoms. The third kappa shape index (κ3) is 12.3. The molecule has 6 rings (SSSR count).